The van der Waals surface area contributed by atoms with Crippen molar-refractivity contribution < 1.29 is 36.4 Å². The lowest BCUT2D eigenvalue weighted by Crippen LogP contribution is -2.09. The molecule has 0 bridgehead atoms. The molecule has 0 spiro atoms. The zero-order valence-corrected chi connectivity index (χ0v) is 16.9. The van der Waals surface area contributed by atoms with E-state index >= 15 is 0 Å². The minimum absolute atomic E-state index is 0.0379. The fourth-order valence-electron chi connectivity index (χ4n) is 2.31. The highest BCUT2D eigenvalue weighted by molar-refractivity contribution is 7.53. The number of hydrogen-bond acceptors (Lipinski definition) is 8. The number of halogens is 3. The van der Waals surface area contributed by atoms with Crippen LogP contribution in [0.2, 0.25) is 0 Å². The van der Waals surface area contributed by atoms with Gasteiger partial charge in [-0.25, -0.2) is 4.98 Å². The number of aromatic nitrogens is 1. The largest absolute Gasteiger partial charge is 0.439 e. The molecule has 0 aliphatic carbocycles. The monoisotopic (exact) mass is 449 g/mol. The van der Waals surface area contributed by atoms with Gasteiger partial charge in [0.15, 0.2) is 0 Å². The minimum Gasteiger partial charge on any atom is -0.439 e. The van der Waals surface area contributed by atoms with Gasteiger partial charge in [-0.2, -0.15) is 13.2 Å². The second-order valence-electron chi connectivity index (χ2n) is 5.70. The van der Waals surface area contributed by atoms with Crippen LogP contribution in [0.1, 0.15) is 19.4 Å². The highest BCUT2D eigenvalue weighted by Gasteiger charge is 2.31. The molecule has 0 unspecified atom stereocenters. The normalized spacial score (nSPS) is 11.9. The molecule has 0 saturated carbocycles. The van der Waals surface area contributed by atoms with Crippen molar-refractivity contribution in [1.29, 1.82) is 0 Å². The quantitative estimate of drug-likeness (QED) is 0.290. The summed E-state index contributed by atoms with van der Waals surface area (Å²) in [4.78, 5) is 14.2. The third-order valence-electron chi connectivity index (χ3n) is 3.57. The van der Waals surface area contributed by atoms with Gasteiger partial charge in [-0.1, -0.05) is 0 Å². The third kappa shape index (κ3) is 6.41. The first kappa shape index (κ1) is 23.6. The summed E-state index contributed by atoms with van der Waals surface area (Å²) < 4.78 is 66.0. The second-order valence-corrected chi connectivity index (χ2v) is 7.76. The average Bonchev–Trinajstić information content (AvgIpc) is 2.66. The summed E-state index contributed by atoms with van der Waals surface area (Å²) in [6, 6.07) is 5.45. The van der Waals surface area contributed by atoms with Crippen molar-refractivity contribution in [3.05, 3.63) is 52.2 Å². The Morgan fingerprint density at radius 2 is 1.83 bits per heavy atom. The van der Waals surface area contributed by atoms with E-state index in [1.807, 2.05) is 0 Å². The smallest absolute Gasteiger partial charge is 0.417 e. The first-order chi connectivity index (χ1) is 14.1. The van der Waals surface area contributed by atoms with Crippen molar-refractivity contribution in [2.45, 2.75) is 20.0 Å². The number of nitrogens with one attached hydrogen (secondary N) is 1. The molecule has 0 radical (unpaired) electrons. The minimum atomic E-state index is -4.54. The maximum absolute atomic E-state index is 12.6. The summed E-state index contributed by atoms with van der Waals surface area (Å²) >= 11 is 0. The van der Waals surface area contributed by atoms with Gasteiger partial charge in [0.2, 0.25) is 5.88 Å². The highest BCUT2D eigenvalue weighted by Crippen LogP contribution is 2.48. The van der Waals surface area contributed by atoms with E-state index in [2.05, 4.69) is 10.3 Å². The molecular formula is C17H19F3N3O6P. The van der Waals surface area contributed by atoms with Crippen LogP contribution < -0.4 is 10.1 Å². The number of nitro groups is 1. The Bertz CT molecular complexity index is 914. The Kier molecular flexibility index (Phi) is 7.77. The van der Waals surface area contributed by atoms with Crippen LogP contribution in [-0.2, 0) is 19.8 Å². The Morgan fingerprint density at radius 3 is 2.33 bits per heavy atom. The third-order valence-corrected chi connectivity index (χ3v) is 5.41. The molecule has 164 valence electrons. The van der Waals surface area contributed by atoms with Gasteiger partial charge in [-0.05, 0) is 26.0 Å². The van der Waals surface area contributed by atoms with Gasteiger partial charge in [0.1, 0.15) is 17.7 Å². The molecule has 0 atom stereocenters. The van der Waals surface area contributed by atoms with Gasteiger partial charge < -0.3 is 19.1 Å². The predicted octanol–water partition coefficient (Wildman–Crippen LogP) is 5.44. The number of nitrogens with zero attached hydrogens (tertiary/aromatic N) is 2. The van der Waals surface area contributed by atoms with E-state index in [0.29, 0.717) is 6.20 Å². The second kappa shape index (κ2) is 9.88. The summed E-state index contributed by atoms with van der Waals surface area (Å²) in [6.45, 7) is 3.48. The van der Waals surface area contributed by atoms with E-state index in [1.54, 1.807) is 13.8 Å². The summed E-state index contributed by atoms with van der Waals surface area (Å²) in [7, 11) is -3.53. The van der Waals surface area contributed by atoms with Crippen LogP contribution in [0.3, 0.4) is 0 Å². The molecule has 30 heavy (non-hydrogen) atoms. The molecule has 1 heterocycles. The van der Waals surface area contributed by atoms with Crippen molar-refractivity contribution in [3.63, 3.8) is 0 Å². The summed E-state index contributed by atoms with van der Waals surface area (Å²) in [5, 5.41) is 13.9. The number of rotatable bonds is 10. The van der Waals surface area contributed by atoms with Crippen LogP contribution in [-0.4, -0.2) is 29.4 Å². The first-order valence-corrected chi connectivity index (χ1v) is 10.4. The van der Waals surface area contributed by atoms with Gasteiger partial charge in [0.05, 0.1) is 23.7 Å². The van der Waals surface area contributed by atoms with E-state index in [9.17, 15) is 27.9 Å². The van der Waals surface area contributed by atoms with Crippen LogP contribution in [0.5, 0.6) is 11.6 Å². The van der Waals surface area contributed by atoms with E-state index < -0.39 is 24.3 Å². The molecule has 0 fully saturated rings. The van der Waals surface area contributed by atoms with Crippen molar-refractivity contribution in [3.8, 4) is 11.6 Å². The Morgan fingerprint density at radius 1 is 1.17 bits per heavy atom. The fourth-order valence-corrected chi connectivity index (χ4v) is 3.72. The summed E-state index contributed by atoms with van der Waals surface area (Å²) in [5.74, 6) is -0.0740. The van der Waals surface area contributed by atoms with Crippen LogP contribution in [0, 0.1) is 10.1 Å². The number of hydrogen-bond donors (Lipinski definition) is 1. The number of benzene rings is 1. The Labute approximate surface area is 169 Å². The van der Waals surface area contributed by atoms with Crippen molar-refractivity contribution in [1.82, 2.24) is 4.98 Å². The summed E-state index contributed by atoms with van der Waals surface area (Å²) in [5.41, 5.74) is -1.31. The number of alkyl halides is 3. The molecule has 1 aromatic carbocycles. The van der Waals surface area contributed by atoms with Gasteiger partial charge >= 0.3 is 13.8 Å². The molecule has 0 aliphatic heterocycles. The highest BCUT2D eigenvalue weighted by atomic mass is 31.2. The molecule has 2 aromatic rings. The standard InChI is InChI=1S/C17H19F3N3O6P/c1-3-27-30(26,28-4-2)11-22-14-9-13(6-7-15(14)23(24)25)29-16-8-5-12(10-21-16)17(18,19)20/h5-10,22H,3-4,11H2,1-2H3. The fraction of sp³-hybridized carbons (Fsp3) is 0.353. The van der Waals surface area contributed by atoms with Crippen LogP contribution in [0.15, 0.2) is 36.5 Å². The lowest BCUT2D eigenvalue weighted by molar-refractivity contribution is -0.384. The number of pyridine rings is 1. The van der Waals surface area contributed by atoms with E-state index in [4.69, 9.17) is 13.8 Å². The van der Waals surface area contributed by atoms with Crippen LogP contribution in [0.4, 0.5) is 24.5 Å². The molecule has 1 aromatic heterocycles. The average molecular weight is 449 g/mol. The van der Waals surface area contributed by atoms with Gasteiger partial charge in [0.25, 0.3) is 5.69 Å². The maximum Gasteiger partial charge on any atom is 0.417 e. The SMILES string of the molecule is CCOP(=O)(CNc1cc(Oc2ccc(C(F)(F)F)cn2)ccc1[N+](=O)[O-])OCC. The van der Waals surface area contributed by atoms with Gasteiger partial charge in [-0.15, -0.1) is 0 Å². The van der Waals surface area contributed by atoms with E-state index in [-0.39, 0.29) is 42.5 Å². The number of ether oxygens (including phenoxy) is 1. The lowest BCUT2D eigenvalue weighted by atomic mass is 10.2. The molecule has 0 saturated heterocycles. The lowest BCUT2D eigenvalue weighted by Gasteiger charge is -2.18. The number of anilines is 1. The van der Waals surface area contributed by atoms with Crippen LogP contribution >= 0.6 is 7.60 Å². The molecule has 1 N–H and O–H groups in total. The van der Waals surface area contributed by atoms with Gasteiger partial charge in [0, 0.05) is 24.4 Å². The Balaban J connectivity index is 2.23. The molecule has 0 amide bonds. The van der Waals surface area contributed by atoms with Crippen molar-refractivity contribution in [2.75, 3.05) is 24.8 Å². The van der Waals surface area contributed by atoms with Crippen molar-refractivity contribution in [2.24, 2.45) is 0 Å². The zero-order valence-electron chi connectivity index (χ0n) is 16.0. The zero-order chi connectivity index (χ0) is 22.4. The van der Waals surface area contributed by atoms with E-state index in [0.717, 1.165) is 18.2 Å². The topological polar surface area (TPSA) is 113 Å². The van der Waals surface area contributed by atoms with Crippen molar-refractivity contribution >= 4 is 19.0 Å². The molecule has 13 heteroatoms. The Hall–Kier alpha value is -2.69. The number of nitro benzene ring substituents is 1. The maximum atomic E-state index is 12.6. The van der Waals surface area contributed by atoms with E-state index in [1.165, 1.54) is 12.1 Å². The molecular weight excluding hydrogens is 430 g/mol. The first-order valence-electron chi connectivity index (χ1n) is 8.69. The molecule has 0 aliphatic rings. The predicted molar refractivity (Wildman–Crippen MR) is 102 cm³/mol. The molecule has 2 rings (SSSR count). The summed E-state index contributed by atoms with van der Waals surface area (Å²) in [6.07, 6.45) is -4.26. The van der Waals surface area contributed by atoms with Gasteiger partial charge in [-0.3, -0.25) is 14.7 Å². The van der Waals surface area contributed by atoms with Crippen LogP contribution in [0.25, 0.3) is 0 Å². The molecule has 9 nitrogen and oxygen atoms in total.